The van der Waals surface area contributed by atoms with E-state index in [0.717, 1.165) is 5.39 Å². The lowest BCUT2D eigenvalue weighted by Gasteiger charge is -2.29. The van der Waals surface area contributed by atoms with Crippen molar-refractivity contribution in [3.05, 3.63) is 41.0 Å². The van der Waals surface area contributed by atoms with Gasteiger partial charge in [0.15, 0.2) is 0 Å². The Hall–Kier alpha value is -1.69. The molecule has 1 aromatic heterocycles. The van der Waals surface area contributed by atoms with Gasteiger partial charge >= 0.3 is 0 Å². The molecule has 0 fully saturated rings. The summed E-state index contributed by atoms with van der Waals surface area (Å²) in [7, 11) is 1.55. The molecule has 0 spiro atoms. The second-order valence-corrected chi connectivity index (χ2v) is 5.89. The molecule has 1 aromatic carbocycles. The van der Waals surface area contributed by atoms with Crippen LogP contribution in [-0.4, -0.2) is 41.9 Å². The maximum absolute atomic E-state index is 12.4. The van der Waals surface area contributed by atoms with Gasteiger partial charge in [0.05, 0.1) is 17.7 Å². The molecule has 0 saturated heterocycles. The van der Waals surface area contributed by atoms with Gasteiger partial charge in [0.25, 0.3) is 5.91 Å². The Morgan fingerprint density at radius 1 is 1.41 bits per heavy atom. The summed E-state index contributed by atoms with van der Waals surface area (Å²) in [5, 5.41) is 13.5. The third-order valence-corrected chi connectivity index (χ3v) is 3.66. The van der Waals surface area contributed by atoms with Crippen molar-refractivity contribution in [3.63, 3.8) is 0 Å². The van der Waals surface area contributed by atoms with Crippen LogP contribution in [0.3, 0.4) is 0 Å². The molecule has 0 aliphatic rings. The lowest BCUT2D eigenvalue weighted by atomic mass is 9.99. The van der Waals surface area contributed by atoms with Gasteiger partial charge in [-0.1, -0.05) is 23.7 Å². The zero-order chi connectivity index (χ0) is 16.2. The number of fused-ring (bicyclic) bond motifs is 1. The van der Waals surface area contributed by atoms with E-state index in [1.165, 1.54) is 0 Å². The number of aliphatic hydroxyl groups excluding tert-OH is 1. The summed E-state index contributed by atoms with van der Waals surface area (Å²) in [5.41, 5.74) is 0.316. The molecule has 2 rings (SSSR count). The minimum Gasteiger partial charge on any atom is -0.396 e. The number of carbonyl (C=O) groups is 1. The highest BCUT2D eigenvalue weighted by molar-refractivity contribution is 6.31. The summed E-state index contributed by atoms with van der Waals surface area (Å²) in [6, 6.07) is 8.84. The molecule has 0 bridgehead atoms. The van der Waals surface area contributed by atoms with Crippen molar-refractivity contribution in [1.82, 2.24) is 10.3 Å². The number of nitrogens with zero attached hydrogens (tertiary/aromatic N) is 1. The topological polar surface area (TPSA) is 71.5 Å². The Morgan fingerprint density at radius 3 is 2.82 bits per heavy atom. The summed E-state index contributed by atoms with van der Waals surface area (Å²) in [6.07, 6.45) is 0.395. The van der Waals surface area contributed by atoms with Gasteiger partial charge in [-0.05, 0) is 31.5 Å². The summed E-state index contributed by atoms with van der Waals surface area (Å²) in [5.74, 6) is -0.310. The SMILES string of the molecule is COCC(C)(CCO)NC(=O)c1ccc2ccc(Cl)cc2n1. The van der Waals surface area contributed by atoms with Gasteiger partial charge in [-0.3, -0.25) is 4.79 Å². The summed E-state index contributed by atoms with van der Waals surface area (Å²) < 4.78 is 5.12. The second kappa shape index (κ2) is 7.05. The van der Waals surface area contributed by atoms with Crippen molar-refractivity contribution in [2.75, 3.05) is 20.3 Å². The smallest absolute Gasteiger partial charge is 0.270 e. The first-order valence-electron chi connectivity index (χ1n) is 6.96. The number of halogens is 1. The standard InChI is InChI=1S/C16H19ClN2O3/c1-16(7-8-20,10-22-2)19-15(21)13-6-4-11-3-5-12(17)9-14(11)18-13/h3-6,9,20H,7-8,10H2,1-2H3,(H,19,21). The molecule has 1 amide bonds. The van der Waals surface area contributed by atoms with E-state index in [1.54, 1.807) is 25.3 Å². The fourth-order valence-corrected chi connectivity index (χ4v) is 2.46. The molecule has 0 aliphatic carbocycles. The van der Waals surface area contributed by atoms with Crippen LogP contribution in [0.15, 0.2) is 30.3 Å². The Morgan fingerprint density at radius 2 is 2.14 bits per heavy atom. The minimum absolute atomic E-state index is 0.0408. The van der Waals surface area contributed by atoms with Crippen LogP contribution in [-0.2, 0) is 4.74 Å². The maximum Gasteiger partial charge on any atom is 0.270 e. The monoisotopic (exact) mass is 322 g/mol. The van der Waals surface area contributed by atoms with Crippen LogP contribution in [0.4, 0.5) is 0 Å². The molecule has 5 nitrogen and oxygen atoms in total. The van der Waals surface area contributed by atoms with Crippen molar-refractivity contribution in [2.24, 2.45) is 0 Å². The number of aliphatic hydroxyl groups is 1. The first-order valence-corrected chi connectivity index (χ1v) is 7.34. The van der Waals surface area contributed by atoms with E-state index in [9.17, 15) is 4.79 Å². The number of aromatic nitrogens is 1. The van der Waals surface area contributed by atoms with Crippen LogP contribution >= 0.6 is 11.6 Å². The van der Waals surface area contributed by atoms with Crippen molar-refractivity contribution in [1.29, 1.82) is 0 Å². The molecule has 0 radical (unpaired) electrons. The number of pyridine rings is 1. The zero-order valence-electron chi connectivity index (χ0n) is 12.6. The molecular weight excluding hydrogens is 304 g/mol. The van der Waals surface area contributed by atoms with Crippen LogP contribution in [0.2, 0.25) is 5.02 Å². The molecule has 2 N–H and O–H groups in total. The number of carbonyl (C=O) groups excluding carboxylic acids is 1. The third-order valence-electron chi connectivity index (χ3n) is 3.43. The predicted octanol–water partition coefficient (Wildman–Crippen LogP) is 2.41. The number of hydrogen-bond donors (Lipinski definition) is 2. The van der Waals surface area contributed by atoms with Gasteiger partial charge in [0.2, 0.25) is 0 Å². The number of amides is 1. The van der Waals surface area contributed by atoms with Crippen LogP contribution in [0.5, 0.6) is 0 Å². The van der Waals surface area contributed by atoms with E-state index >= 15 is 0 Å². The number of nitrogens with one attached hydrogen (secondary N) is 1. The number of rotatable bonds is 6. The Kier molecular flexibility index (Phi) is 5.34. The first kappa shape index (κ1) is 16.7. The van der Waals surface area contributed by atoms with E-state index < -0.39 is 5.54 Å². The quantitative estimate of drug-likeness (QED) is 0.856. The molecule has 2 aromatic rings. The highest BCUT2D eigenvalue weighted by Crippen LogP contribution is 2.18. The van der Waals surface area contributed by atoms with Gasteiger partial charge in [-0.15, -0.1) is 0 Å². The van der Waals surface area contributed by atoms with Gasteiger partial charge in [-0.25, -0.2) is 4.98 Å². The second-order valence-electron chi connectivity index (χ2n) is 5.45. The third kappa shape index (κ3) is 3.94. The molecule has 1 unspecified atom stereocenters. The number of hydrogen-bond acceptors (Lipinski definition) is 4. The van der Waals surface area contributed by atoms with Crippen molar-refractivity contribution >= 4 is 28.4 Å². The van der Waals surface area contributed by atoms with Crippen molar-refractivity contribution in [2.45, 2.75) is 18.9 Å². The first-order chi connectivity index (χ1) is 10.5. The average molecular weight is 323 g/mol. The largest absolute Gasteiger partial charge is 0.396 e. The summed E-state index contributed by atoms with van der Waals surface area (Å²) >= 11 is 5.95. The number of benzene rings is 1. The van der Waals surface area contributed by atoms with Crippen LogP contribution in [0, 0.1) is 0 Å². The molecule has 0 aliphatic heterocycles. The number of methoxy groups -OCH3 is 1. The fourth-order valence-electron chi connectivity index (χ4n) is 2.29. The van der Waals surface area contributed by atoms with Crippen molar-refractivity contribution < 1.29 is 14.6 Å². The molecule has 1 heterocycles. The molecular formula is C16H19ClN2O3. The highest BCUT2D eigenvalue weighted by atomic mass is 35.5. The van der Waals surface area contributed by atoms with E-state index in [-0.39, 0.29) is 12.5 Å². The van der Waals surface area contributed by atoms with Gasteiger partial charge in [0, 0.05) is 24.1 Å². The molecule has 6 heteroatoms. The summed E-state index contributed by atoms with van der Waals surface area (Å²) in [4.78, 5) is 16.7. The summed E-state index contributed by atoms with van der Waals surface area (Å²) in [6.45, 7) is 2.09. The van der Waals surface area contributed by atoms with Gasteiger partial charge in [-0.2, -0.15) is 0 Å². The van der Waals surface area contributed by atoms with E-state index in [0.29, 0.717) is 29.3 Å². The average Bonchev–Trinajstić information content (AvgIpc) is 2.46. The molecule has 0 saturated carbocycles. The van der Waals surface area contributed by atoms with E-state index in [4.69, 9.17) is 21.4 Å². The lowest BCUT2D eigenvalue weighted by Crippen LogP contribution is -2.50. The van der Waals surface area contributed by atoms with E-state index in [2.05, 4.69) is 10.3 Å². The fraction of sp³-hybridized carbons (Fsp3) is 0.375. The Balaban J connectivity index is 2.24. The Bertz CT molecular complexity index is 669. The van der Waals surface area contributed by atoms with Gasteiger partial charge < -0.3 is 15.2 Å². The van der Waals surface area contributed by atoms with Gasteiger partial charge in [0.1, 0.15) is 5.69 Å². The van der Waals surface area contributed by atoms with Crippen LogP contribution < -0.4 is 5.32 Å². The molecule has 1 atom stereocenters. The van der Waals surface area contributed by atoms with Crippen LogP contribution in [0.25, 0.3) is 10.9 Å². The Labute approximate surface area is 134 Å². The predicted molar refractivity (Wildman–Crippen MR) is 86.2 cm³/mol. The number of ether oxygens (including phenoxy) is 1. The molecule has 22 heavy (non-hydrogen) atoms. The highest BCUT2D eigenvalue weighted by Gasteiger charge is 2.26. The molecule has 118 valence electrons. The minimum atomic E-state index is -0.647. The normalized spacial score (nSPS) is 13.8. The lowest BCUT2D eigenvalue weighted by molar-refractivity contribution is 0.0722. The van der Waals surface area contributed by atoms with E-state index in [1.807, 2.05) is 19.1 Å². The zero-order valence-corrected chi connectivity index (χ0v) is 13.4. The maximum atomic E-state index is 12.4. The van der Waals surface area contributed by atoms with Crippen molar-refractivity contribution in [3.8, 4) is 0 Å². The van der Waals surface area contributed by atoms with Crippen LogP contribution in [0.1, 0.15) is 23.8 Å².